The van der Waals surface area contributed by atoms with Crippen molar-refractivity contribution in [3.05, 3.63) is 28.3 Å². The average Bonchev–Trinajstić information content (AvgIpc) is 2.43. The lowest BCUT2D eigenvalue weighted by Crippen LogP contribution is -2.22. The van der Waals surface area contributed by atoms with Crippen molar-refractivity contribution < 1.29 is 19.6 Å². The molecule has 0 aliphatic carbocycles. The number of para-hydroxylation sites is 1. The number of anilines is 1. The van der Waals surface area contributed by atoms with Crippen LogP contribution in [0.3, 0.4) is 0 Å². The molecule has 7 nitrogen and oxygen atoms in total. The lowest BCUT2D eigenvalue weighted by Gasteiger charge is -2.17. The second-order valence-electron chi connectivity index (χ2n) is 4.61. The first-order valence-electron chi connectivity index (χ1n) is 6.88. The molecule has 0 aromatic heterocycles. The van der Waals surface area contributed by atoms with Crippen LogP contribution in [0, 0.1) is 10.1 Å². The van der Waals surface area contributed by atoms with E-state index in [1.165, 1.54) is 6.07 Å². The van der Waals surface area contributed by atoms with Crippen LogP contribution in [0.1, 0.15) is 33.1 Å². The largest absolute Gasteiger partial charge is 0.487 e. The van der Waals surface area contributed by atoms with Gasteiger partial charge in [0, 0.05) is 6.04 Å². The van der Waals surface area contributed by atoms with Crippen LogP contribution in [0.15, 0.2) is 18.2 Å². The van der Waals surface area contributed by atoms with E-state index in [0.717, 1.165) is 6.42 Å². The molecule has 0 bridgehead atoms. The second kappa shape index (κ2) is 8.08. The highest BCUT2D eigenvalue weighted by molar-refractivity contribution is 5.71. The van der Waals surface area contributed by atoms with Gasteiger partial charge in [0.2, 0.25) is 0 Å². The summed E-state index contributed by atoms with van der Waals surface area (Å²) < 4.78 is 5.39. The minimum Gasteiger partial charge on any atom is -0.487 e. The van der Waals surface area contributed by atoms with Crippen molar-refractivity contribution in [2.45, 2.75) is 39.2 Å². The highest BCUT2D eigenvalue weighted by atomic mass is 16.6. The zero-order valence-electron chi connectivity index (χ0n) is 12.2. The molecular weight excluding hydrogens is 276 g/mol. The SMILES string of the molecule is CCCOc1cccc(NC(CC)CC(=O)O)c1[N+](=O)[O-]. The molecule has 7 heteroatoms. The van der Waals surface area contributed by atoms with Gasteiger partial charge in [-0.1, -0.05) is 19.9 Å². The van der Waals surface area contributed by atoms with E-state index in [1.54, 1.807) is 12.1 Å². The smallest absolute Gasteiger partial charge is 0.333 e. The van der Waals surface area contributed by atoms with Crippen molar-refractivity contribution >= 4 is 17.3 Å². The molecule has 1 aromatic rings. The van der Waals surface area contributed by atoms with Crippen molar-refractivity contribution in [1.82, 2.24) is 0 Å². The first-order valence-corrected chi connectivity index (χ1v) is 6.88. The number of nitrogens with zero attached hydrogens (tertiary/aromatic N) is 1. The van der Waals surface area contributed by atoms with E-state index in [-0.39, 0.29) is 29.6 Å². The first-order chi connectivity index (χ1) is 9.99. The van der Waals surface area contributed by atoms with Crippen molar-refractivity contribution in [2.24, 2.45) is 0 Å². The first kappa shape index (κ1) is 16.7. The van der Waals surface area contributed by atoms with Crippen LogP contribution in [0.2, 0.25) is 0 Å². The summed E-state index contributed by atoms with van der Waals surface area (Å²) in [5, 5.41) is 23.0. The molecular formula is C14H20N2O5. The molecule has 0 fully saturated rings. The molecule has 0 aliphatic heterocycles. The van der Waals surface area contributed by atoms with Crippen LogP contribution in [-0.4, -0.2) is 28.6 Å². The summed E-state index contributed by atoms with van der Waals surface area (Å²) in [6.45, 7) is 4.12. The van der Waals surface area contributed by atoms with Gasteiger partial charge in [0.05, 0.1) is 18.0 Å². The lowest BCUT2D eigenvalue weighted by molar-refractivity contribution is -0.385. The zero-order valence-corrected chi connectivity index (χ0v) is 12.2. The van der Waals surface area contributed by atoms with E-state index in [1.807, 2.05) is 13.8 Å². The molecule has 1 aromatic carbocycles. The van der Waals surface area contributed by atoms with Gasteiger partial charge < -0.3 is 15.2 Å². The Morgan fingerprint density at radius 1 is 1.48 bits per heavy atom. The number of benzene rings is 1. The molecule has 0 heterocycles. The maximum Gasteiger partial charge on any atom is 0.333 e. The summed E-state index contributed by atoms with van der Waals surface area (Å²) in [5.74, 6) is -0.757. The van der Waals surface area contributed by atoms with E-state index < -0.39 is 10.9 Å². The van der Waals surface area contributed by atoms with Crippen molar-refractivity contribution in [3.8, 4) is 5.75 Å². The maximum absolute atomic E-state index is 11.3. The van der Waals surface area contributed by atoms with Gasteiger partial charge in [-0.15, -0.1) is 0 Å². The number of aliphatic carboxylic acids is 1. The third-order valence-electron chi connectivity index (χ3n) is 2.92. The van der Waals surface area contributed by atoms with E-state index in [9.17, 15) is 14.9 Å². The molecule has 0 saturated carbocycles. The van der Waals surface area contributed by atoms with Crippen molar-refractivity contribution in [1.29, 1.82) is 0 Å². The Bertz CT molecular complexity index is 504. The number of carboxylic acid groups (broad SMARTS) is 1. The Morgan fingerprint density at radius 3 is 2.71 bits per heavy atom. The number of carboxylic acids is 1. The average molecular weight is 296 g/mol. The van der Waals surface area contributed by atoms with Crippen molar-refractivity contribution in [2.75, 3.05) is 11.9 Å². The summed E-state index contributed by atoms with van der Waals surface area (Å²) in [5.41, 5.74) is 0.122. The predicted octanol–water partition coefficient (Wildman–Crippen LogP) is 3.05. The lowest BCUT2D eigenvalue weighted by atomic mass is 10.1. The Kier molecular flexibility index (Phi) is 6.45. The standard InChI is InChI=1S/C14H20N2O5/c1-3-8-21-12-7-5-6-11(14(12)16(19)20)15-10(4-2)9-13(17)18/h5-7,10,15H,3-4,8-9H2,1-2H3,(H,17,18). The number of hydrogen-bond acceptors (Lipinski definition) is 5. The second-order valence-corrected chi connectivity index (χ2v) is 4.61. The molecule has 0 saturated heterocycles. The van der Waals surface area contributed by atoms with Crippen LogP contribution in [0.5, 0.6) is 5.75 Å². The van der Waals surface area contributed by atoms with E-state index in [0.29, 0.717) is 13.0 Å². The van der Waals surface area contributed by atoms with E-state index in [2.05, 4.69) is 5.32 Å². The third kappa shape index (κ3) is 4.94. The fourth-order valence-corrected chi connectivity index (χ4v) is 1.88. The molecule has 116 valence electrons. The number of nitrogens with one attached hydrogen (secondary N) is 1. The zero-order chi connectivity index (χ0) is 15.8. The monoisotopic (exact) mass is 296 g/mol. The quantitative estimate of drug-likeness (QED) is 0.536. The third-order valence-corrected chi connectivity index (χ3v) is 2.92. The molecule has 2 N–H and O–H groups in total. The highest BCUT2D eigenvalue weighted by Gasteiger charge is 2.23. The van der Waals surface area contributed by atoms with Gasteiger partial charge in [0.25, 0.3) is 0 Å². The summed E-state index contributed by atoms with van der Waals surface area (Å²) in [6.07, 6.45) is 1.18. The fourth-order valence-electron chi connectivity index (χ4n) is 1.88. The predicted molar refractivity (Wildman–Crippen MR) is 78.8 cm³/mol. The topological polar surface area (TPSA) is 102 Å². The molecule has 1 atom stereocenters. The van der Waals surface area contributed by atoms with E-state index >= 15 is 0 Å². The van der Waals surface area contributed by atoms with Gasteiger partial charge in [-0.05, 0) is 25.0 Å². The van der Waals surface area contributed by atoms with Crippen molar-refractivity contribution in [3.63, 3.8) is 0 Å². The number of nitro benzene ring substituents is 1. The minimum absolute atomic E-state index is 0.103. The number of ether oxygens (including phenoxy) is 1. The summed E-state index contributed by atoms with van der Waals surface area (Å²) in [7, 11) is 0. The highest BCUT2D eigenvalue weighted by Crippen LogP contribution is 2.35. The Hall–Kier alpha value is -2.31. The Labute approximate surface area is 123 Å². The number of hydrogen-bond donors (Lipinski definition) is 2. The molecule has 0 radical (unpaired) electrons. The molecule has 0 aliphatic rings. The molecule has 1 rings (SSSR count). The number of rotatable bonds is 9. The molecule has 1 unspecified atom stereocenters. The van der Waals surface area contributed by atoms with Gasteiger partial charge in [-0.3, -0.25) is 14.9 Å². The maximum atomic E-state index is 11.3. The summed E-state index contributed by atoms with van der Waals surface area (Å²) >= 11 is 0. The van der Waals surface area contributed by atoms with Gasteiger partial charge >= 0.3 is 11.7 Å². The van der Waals surface area contributed by atoms with Gasteiger partial charge in [-0.25, -0.2) is 0 Å². The summed E-state index contributed by atoms with van der Waals surface area (Å²) in [6, 6.07) is 4.37. The van der Waals surface area contributed by atoms with Gasteiger partial charge in [0.15, 0.2) is 5.75 Å². The molecule has 0 amide bonds. The van der Waals surface area contributed by atoms with Gasteiger partial charge in [0.1, 0.15) is 5.69 Å². The number of carbonyl (C=O) groups is 1. The summed E-state index contributed by atoms with van der Waals surface area (Å²) in [4.78, 5) is 21.5. The van der Waals surface area contributed by atoms with Crippen LogP contribution in [0.25, 0.3) is 0 Å². The normalized spacial score (nSPS) is 11.7. The molecule has 21 heavy (non-hydrogen) atoms. The Balaban J connectivity index is 3.04. The Morgan fingerprint density at radius 2 is 2.19 bits per heavy atom. The van der Waals surface area contributed by atoms with Crippen LogP contribution >= 0.6 is 0 Å². The van der Waals surface area contributed by atoms with Crippen LogP contribution < -0.4 is 10.1 Å². The van der Waals surface area contributed by atoms with Gasteiger partial charge in [-0.2, -0.15) is 0 Å². The van der Waals surface area contributed by atoms with E-state index in [4.69, 9.17) is 9.84 Å². The minimum atomic E-state index is -0.949. The molecule has 0 spiro atoms. The van der Waals surface area contributed by atoms with Crippen LogP contribution in [-0.2, 0) is 4.79 Å². The fraction of sp³-hybridized carbons (Fsp3) is 0.500. The van der Waals surface area contributed by atoms with Crippen LogP contribution in [0.4, 0.5) is 11.4 Å². The number of nitro groups is 1.